The number of aryl methyl sites for hydroxylation is 1. The van der Waals surface area contributed by atoms with Crippen molar-refractivity contribution in [2.24, 2.45) is 0 Å². The molecule has 2 N–H and O–H groups in total. The Kier molecular flexibility index (Phi) is 3.88. The van der Waals surface area contributed by atoms with Gasteiger partial charge in [-0.2, -0.15) is 0 Å². The van der Waals surface area contributed by atoms with Gasteiger partial charge in [0.2, 0.25) is 0 Å². The van der Waals surface area contributed by atoms with Crippen LogP contribution < -0.4 is 10.0 Å². The SMILES string of the molecule is CCn1c2ccccc2c2cc(NS(=O)(=O)c3ccc4c5c(cccc35)C(=O)N4)ccc21. The molecule has 1 aromatic heterocycles. The molecule has 0 saturated carbocycles. The summed E-state index contributed by atoms with van der Waals surface area (Å²) >= 11 is 0. The zero-order valence-corrected chi connectivity index (χ0v) is 18.0. The molecule has 1 aliphatic heterocycles. The quantitative estimate of drug-likeness (QED) is 0.395. The Bertz CT molecular complexity index is 1700. The van der Waals surface area contributed by atoms with E-state index in [1.807, 2.05) is 24.3 Å². The van der Waals surface area contributed by atoms with Gasteiger partial charge >= 0.3 is 0 Å². The predicted molar refractivity (Wildman–Crippen MR) is 128 cm³/mol. The number of nitrogens with zero attached hydrogens (tertiary/aromatic N) is 1. The van der Waals surface area contributed by atoms with Crippen LogP contribution in [-0.2, 0) is 16.6 Å². The molecule has 4 aromatic carbocycles. The molecule has 5 aromatic rings. The Labute approximate surface area is 184 Å². The zero-order valence-electron chi connectivity index (χ0n) is 17.2. The molecule has 158 valence electrons. The summed E-state index contributed by atoms with van der Waals surface area (Å²) in [5.74, 6) is -0.217. The number of aromatic nitrogens is 1. The predicted octanol–water partition coefficient (Wildman–Crippen LogP) is 5.33. The highest BCUT2D eigenvalue weighted by molar-refractivity contribution is 7.93. The molecular weight excluding hydrogens is 422 g/mol. The van der Waals surface area contributed by atoms with Crippen molar-refractivity contribution in [2.45, 2.75) is 18.4 Å². The minimum Gasteiger partial charge on any atom is -0.341 e. The summed E-state index contributed by atoms with van der Waals surface area (Å²) in [7, 11) is -3.88. The maximum atomic E-state index is 13.4. The van der Waals surface area contributed by atoms with Gasteiger partial charge in [0.1, 0.15) is 0 Å². The van der Waals surface area contributed by atoms with E-state index in [0.717, 1.165) is 28.4 Å². The Balaban J connectivity index is 1.49. The number of hydrogen-bond acceptors (Lipinski definition) is 3. The first-order valence-electron chi connectivity index (χ1n) is 10.4. The summed E-state index contributed by atoms with van der Waals surface area (Å²) in [6.07, 6.45) is 0. The van der Waals surface area contributed by atoms with Crippen LogP contribution in [-0.4, -0.2) is 18.9 Å². The molecule has 32 heavy (non-hydrogen) atoms. The van der Waals surface area contributed by atoms with Crippen LogP contribution in [0.2, 0.25) is 0 Å². The van der Waals surface area contributed by atoms with Gasteiger partial charge < -0.3 is 9.88 Å². The van der Waals surface area contributed by atoms with Crippen molar-refractivity contribution in [1.29, 1.82) is 0 Å². The number of nitrogens with one attached hydrogen (secondary N) is 2. The molecule has 0 bridgehead atoms. The second-order valence-corrected chi connectivity index (χ2v) is 9.54. The fourth-order valence-electron chi connectivity index (χ4n) is 4.77. The molecule has 6 rings (SSSR count). The van der Waals surface area contributed by atoms with Gasteiger partial charge in [0, 0.05) is 56.1 Å². The molecule has 1 aliphatic rings. The van der Waals surface area contributed by atoms with Crippen LogP contribution in [0.3, 0.4) is 0 Å². The van der Waals surface area contributed by atoms with Crippen LogP contribution in [0.4, 0.5) is 11.4 Å². The summed E-state index contributed by atoms with van der Waals surface area (Å²) in [4.78, 5) is 12.3. The highest BCUT2D eigenvalue weighted by atomic mass is 32.2. The molecule has 0 radical (unpaired) electrons. The first-order chi connectivity index (χ1) is 15.5. The van der Waals surface area contributed by atoms with Crippen molar-refractivity contribution in [3.05, 3.63) is 78.4 Å². The largest absolute Gasteiger partial charge is 0.341 e. The topological polar surface area (TPSA) is 80.2 Å². The Morgan fingerprint density at radius 1 is 0.875 bits per heavy atom. The van der Waals surface area contributed by atoms with E-state index in [1.54, 1.807) is 30.3 Å². The van der Waals surface area contributed by atoms with E-state index in [1.165, 1.54) is 6.07 Å². The Hall–Kier alpha value is -3.84. The molecule has 0 aliphatic carbocycles. The van der Waals surface area contributed by atoms with E-state index in [0.29, 0.717) is 27.7 Å². The number of anilines is 2. The normalized spacial score (nSPS) is 13.2. The smallest absolute Gasteiger partial charge is 0.262 e. The second-order valence-electron chi connectivity index (χ2n) is 7.89. The van der Waals surface area contributed by atoms with Crippen LogP contribution >= 0.6 is 0 Å². The molecule has 6 nitrogen and oxygen atoms in total. The molecular formula is C25H19N3O3S. The van der Waals surface area contributed by atoms with Gasteiger partial charge in [0.25, 0.3) is 15.9 Å². The fourth-order valence-corrected chi connectivity index (χ4v) is 6.02. The maximum Gasteiger partial charge on any atom is 0.262 e. The van der Waals surface area contributed by atoms with Crippen molar-refractivity contribution in [3.63, 3.8) is 0 Å². The van der Waals surface area contributed by atoms with Crippen LogP contribution in [0, 0.1) is 0 Å². The van der Waals surface area contributed by atoms with Crippen LogP contribution in [0.1, 0.15) is 17.3 Å². The molecule has 0 unspecified atom stereocenters. The highest BCUT2D eigenvalue weighted by Gasteiger charge is 2.26. The zero-order chi connectivity index (χ0) is 22.0. The number of sulfonamides is 1. The summed E-state index contributed by atoms with van der Waals surface area (Å²) in [5.41, 5.74) is 3.80. The second kappa shape index (κ2) is 6.58. The fraction of sp³-hybridized carbons (Fsp3) is 0.0800. The summed E-state index contributed by atoms with van der Waals surface area (Å²) in [6, 6.07) is 22.1. The average molecular weight is 442 g/mol. The lowest BCUT2D eigenvalue weighted by atomic mass is 10.1. The number of hydrogen-bond donors (Lipinski definition) is 2. The van der Waals surface area contributed by atoms with E-state index >= 15 is 0 Å². The highest BCUT2D eigenvalue weighted by Crippen LogP contribution is 2.37. The minimum absolute atomic E-state index is 0.144. The molecule has 7 heteroatoms. The number of carbonyl (C=O) groups is 1. The van der Waals surface area contributed by atoms with Gasteiger partial charge in [-0.05, 0) is 49.4 Å². The van der Waals surface area contributed by atoms with Crippen LogP contribution in [0.15, 0.2) is 77.7 Å². The Morgan fingerprint density at radius 2 is 1.66 bits per heavy atom. The summed E-state index contributed by atoms with van der Waals surface area (Å²) in [5, 5.41) is 6.03. The van der Waals surface area contributed by atoms with Gasteiger partial charge in [-0.15, -0.1) is 0 Å². The maximum absolute atomic E-state index is 13.4. The number of para-hydroxylation sites is 1. The third-order valence-corrected chi connectivity index (χ3v) is 7.56. The van der Waals surface area contributed by atoms with E-state index in [2.05, 4.69) is 33.7 Å². The molecule has 2 heterocycles. The van der Waals surface area contributed by atoms with Crippen molar-refractivity contribution < 1.29 is 13.2 Å². The number of carbonyl (C=O) groups excluding carboxylic acids is 1. The van der Waals surface area contributed by atoms with Crippen molar-refractivity contribution in [2.75, 3.05) is 10.0 Å². The van der Waals surface area contributed by atoms with E-state index in [4.69, 9.17) is 0 Å². The van der Waals surface area contributed by atoms with E-state index < -0.39 is 10.0 Å². The van der Waals surface area contributed by atoms with Crippen molar-refractivity contribution >= 4 is 59.9 Å². The van der Waals surface area contributed by atoms with Crippen LogP contribution in [0.25, 0.3) is 32.6 Å². The lowest BCUT2D eigenvalue weighted by Gasteiger charge is -2.12. The van der Waals surface area contributed by atoms with Crippen LogP contribution in [0.5, 0.6) is 0 Å². The van der Waals surface area contributed by atoms with Gasteiger partial charge in [-0.1, -0.05) is 30.3 Å². The first kappa shape index (κ1) is 18.9. The summed E-state index contributed by atoms with van der Waals surface area (Å²) in [6.45, 7) is 2.92. The standard InChI is InChI=1S/C25H19N3O3S/c1-2-28-21-9-4-3-6-16(21)19-14-15(10-12-22(19)28)27-32(30,31)23-13-11-20-24-17(23)7-5-8-18(24)25(29)26-20/h3-14,27H,2H2,1H3,(H,26,29). The molecule has 0 atom stereocenters. The lowest BCUT2D eigenvalue weighted by molar-refractivity contribution is 0.103. The number of rotatable bonds is 4. The Morgan fingerprint density at radius 3 is 2.50 bits per heavy atom. The number of fused-ring (bicyclic) bond motifs is 3. The average Bonchev–Trinajstić information content (AvgIpc) is 3.29. The molecule has 1 amide bonds. The first-order valence-corrected chi connectivity index (χ1v) is 11.9. The monoisotopic (exact) mass is 441 g/mol. The third kappa shape index (κ3) is 2.58. The molecule has 0 fully saturated rings. The van der Waals surface area contributed by atoms with Crippen molar-refractivity contribution in [1.82, 2.24) is 4.57 Å². The van der Waals surface area contributed by atoms with E-state index in [9.17, 15) is 13.2 Å². The molecule has 0 spiro atoms. The number of benzene rings is 4. The van der Waals surface area contributed by atoms with Gasteiger partial charge in [0.15, 0.2) is 0 Å². The van der Waals surface area contributed by atoms with Gasteiger partial charge in [-0.3, -0.25) is 9.52 Å². The minimum atomic E-state index is -3.88. The van der Waals surface area contributed by atoms with E-state index in [-0.39, 0.29) is 10.8 Å². The number of amides is 1. The van der Waals surface area contributed by atoms with Gasteiger partial charge in [-0.25, -0.2) is 8.42 Å². The molecule has 0 saturated heterocycles. The van der Waals surface area contributed by atoms with Gasteiger partial charge in [0.05, 0.1) is 4.90 Å². The third-order valence-electron chi connectivity index (χ3n) is 6.12. The summed E-state index contributed by atoms with van der Waals surface area (Å²) < 4.78 is 31.7. The van der Waals surface area contributed by atoms with Crippen molar-refractivity contribution in [3.8, 4) is 0 Å². The lowest BCUT2D eigenvalue weighted by Crippen LogP contribution is -2.13.